The van der Waals surface area contributed by atoms with Crippen molar-refractivity contribution in [2.45, 2.75) is 19.4 Å². The Morgan fingerprint density at radius 1 is 1.20 bits per heavy atom. The molecule has 3 heterocycles. The van der Waals surface area contributed by atoms with Crippen molar-refractivity contribution in [1.82, 2.24) is 20.0 Å². The summed E-state index contributed by atoms with van der Waals surface area (Å²) in [6.07, 6.45) is 6.12. The molecule has 0 saturated carbocycles. The molecule has 0 aliphatic heterocycles. The SMILES string of the molecule is O=C(CCCNC(=O)c1ccco1)NCc1cn2cc(Br)ccc2n1. The normalized spacial score (nSPS) is 10.8. The third-order valence-corrected chi connectivity index (χ3v) is 4.01. The van der Waals surface area contributed by atoms with Crippen LogP contribution in [0.1, 0.15) is 29.1 Å². The van der Waals surface area contributed by atoms with Gasteiger partial charge in [0.05, 0.1) is 18.5 Å². The van der Waals surface area contributed by atoms with E-state index >= 15 is 0 Å². The smallest absolute Gasteiger partial charge is 0.286 e. The Labute approximate surface area is 152 Å². The Hall–Kier alpha value is -2.61. The Balaban J connectivity index is 1.38. The van der Waals surface area contributed by atoms with E-state index in [0.29, 0.717) is 25.9 Å². The molecule has 0 aromatic carbocycles. The summed E-state index contributed by atoms with van der Waals surface area (Å²) in [6, 6.07) is 7.06. The topological polar surface area (TPSA) is 88.6 Å². The number of nitrogens with zero attached hydrogens (tertiary/aromatic N) is 2. The number of hydrogen-bond acceptors (Lipinski definition) is 4. The first-order chi connectivity index (χ1) is 12.1. The number of halogens is 1. The van der Waals surface area contributed by atoms with Gasteiger partial charge < -0.3 is 19.5 Å². The van der Waals surface area contributed by atoms with E-state index < -0.39 is 0 Å². The van der Waals surface area contributed by atoms with Gasteiger partial charge in [0, 0.05) is 29.8 Å². The van der Waals surface area contributed by atoms with E-state index in [-0.39, 0.29) is 17.6 Å². The lowest BCUT2D eigenvalue weighted by Gasteiger charge is -2.04. The molecule has 3 rings (SSSR count). The highest BCUT2D eigenvalue weighted by molar-refractivity contribution is 9.10. The van der Waals surface area contributed by atoms with E-state index in [1.807, 2.05) is 28.9 Å². The summed E-state index contributed by atoms with van der Waals surface area (Å²) in [5, 5.41) is 5.54. The Bertz CT molecular complexity index is 873. The maximum Gasteiger partial charge on any atom is 0.286 e. The van der Waals surface area contributed by atoms with Crippen molar-refractivity contribution in [2.24, 2.45) is 0 Å². The predicted molar refractivity (Wildman–Crippen MR) is 95.0 cm³/mol. The number of carbonyl (C=O) groups is 2. The molecule has 7 nitrogen and oxygen atoms in total. The third-order valence-electron chi connectivity index (χ3n) is 3.54. The molecular formula is C17H17BrN4O3. The molecule has 8 heteroatoms. The number of hydrogen-bond donors (Lipinski definition) is 2. The van der Waals surface area contributed by atoms with Crippen LogP contribution >= 0.6 is 15.9 Å². The molecule has 0 unspecified atom stereocenters. The number of pyridine rings is 1. The molecule has 2 N–H and O–H groups in total. The highest BCUT2D eigenvalue weighted by atomic mass is 79.9. The van der Waals surface area contributed by atoms with E-state index in [4.69, 9.17) is 4.42 Å². The number of carbonyl (C=O) groups excluding carboxylic acids is 2. The first kappa shape index (κ1) is 17.2. The van der Waals surface area contributed by atoms with Gasteiger partial charge in [-0.1, -0.05) is 0 Å². The van der Waals surface area contributed by atoms with Crippen molar-refractivity contribution < 1.29 is 14.0 Å². The van der Waals surface area contributed by atoms with Crippen LogP contribution in [0.4, 0.5) is 0 Å². The fraction of sp³-hybridized carbons (Fsp3) is 0.235. The lowest BCUT2D eigenvalue weighted by Crippen LogP contribution is -2.27. The number of amides is 2. The molecule has 2 amide bonds. The van der Waals surface area contributed by atoms with Gasteiger partial charge in [0.1, 0.15) is 5.65 Å². The first-order valence-electron chi connectivity index (χ1n) is 7.83. The minimum atomic E-state index is -0.277. The molecule has 3 aromatic heterocycles. The fourth-order valence-corrected chi connectivity index (χ4v) is 2.68. The lowest BCUT2D eigenvalue weighted by molar-refractivity contribution is -0.121. The Morgan fingerprint density at radius 3 is 2.88 bits per heavy atom. The van der Waals surface area contributed by atoms with Crippen molar-refractivity contribution >= 4 is 33.4 Å². The van der Waals surface area contributed by atoms with Crippen molar-refractivity contribution in [3.63, 3.8) is 0 Å². The summed E-state index contributed by atoms with van der Waals surface area (Å²) in [5.74, 6) is -0.0882. The zero-order valence-corrected chi connectivity index (χ0v) is 15.0. The van der Waals surface area contributed by atoms with Crippen LogP contribution in [0.25, 0.3) is 5.65 Å². The zero-order chi connectivity index (χ0) is 17.6. The van der Waals surface area contributed by atoms with Crippen LogP contribution in [-0.4, -0.2) is 27.7 Å². The molecule has 0 saturated heterocycles. The average Bonchev–Trinajstić information content (AvgIpc) is 3.25. The Morgan fingerprint density at radius 2 is 2.08 bits per heavy atom. The fourth-order valence-electron chi connectivity index (χ4n) is 2.33. The highest BCUT2D eigenvalue weighted by Gasteiger charge is 2.08. The van der Waals surface area contributed by atoms with Crippen molar-refractivity contribution in [3.05, 3.63) is 58.8 Å². The molecule has 0 radical (unpaired) electrons. The van der Waals surface area contributed by atoms with Gasteiger partial charge in [-0.05, 0) is 46.6 Å². The Kier molecular flexibility index (Phi) is 5.49. The monoisotopic (exact) mass is 404 g/mol. The van der Waals surface area contributed by atoms with Gasteiger partial charge in [0.25, 0.3) is 5.91 Å². The number of rotatable bonds is 7. The second-order valence-corrected chi connectivity index (χ2v) is 6.37. The molecule has 0 spiro atoms. The maximum atomic E-state index is 11.9. The van der Waals surface area contributed by atoms with E-state index in [1.54, 1.807) is 12.1 Å². The second kappa shape index (κ2) is 7.98. The zero-order valence-electron chi connectivity index (χ0n) is 13.4. The standard InChI is InChI=1S/C17H17BrN4O3/c18-12-5-6-15-21-13(11-22(15)10-12)9-20-16(23)4-1-7-19-17(24)14-3-2-8-25-14/h2-3,5-6,8,10-11H,1,4,7,9H2,(H,19,24)(H,20,23). The molecule has 130 valence electrons. The van der Waals surface area contributed by atoms with Crippen LogP contribution in [0, 0.1) is 0 Å². The molecule has 0 fully saturated rings. The lowest BCUT2D eigenvalue weighted by atomic mass is 10.3. The summed E-state index contributed by atoms with van der Waals surface area (Å²) in [7, 11) is 0. The van der Waals surface area contributed by atoms with Crippen molar-refractivity contribution in [1.29, 1.82) is 0 Å². The molecule has 0 bridgehead atoms. The van der Waals surface area contributed by atoms with Crippen LogP contribution in [-0.2, 0) is 11.3 Å². The molecule has 25 heavy (non-hydrogen) atoms. The number of aromatic nitrogens is 2. The molecule has 0 aliphatic rings. The minimum absolute atomic E-state index is 0.0783. The summed E-state index contributed by atoms with van der Waals surface area (Å²) >= 11 is 3.41. The number of furan rings is 1. The summed E-state index contributed by atoms with van der Waals surface area (Å²) in [6.45, 7) is 0.784. The third kappa shape index (κ3) is 4.69. The maximum absolute atomic E-state index is 11.9. The van der Waals surface area contributed by atoms with Gasteiger partial charge in [-0.25, -0.2) is 4.98 Å². The van der Waals surface area contributed by atoms with Gasteiger partial charge in [0.15, 0.2) is 5.76 Å². The molecular weight excluding hydrogens is 388 g/mol. The van der Waals surface area contributed by atoms with E-state index in [0.717, 1.165) is 15.8 Å². The summed E-state index contributed by atoms with van der Waals surface area (Å²) in [4.78, 5) is 28.0. The van der Waals surface area contributed by atoms with Crippen LogP contribution in [0.3, 0.4) is 0 Å². The van der Waals surface area contributed by atoms with Crippen molar-refractivity contribution in [2.75, 3.05) is 6.54 Å². The van der Waals surface area contributed by atoms with Gasteiger partial charge in [0.2, 0.25) is 5.91 Å². The van der Waals surface area contributed by atoms with Crippen molar-refractivity contribution in [3.8, 4) is 0 Å². The average molecular weight is 405 g/mol. The molecule has 0 atom stereocenters. The van der Waals surface area contributed by atoms with Gasteiger partial charge >= 0.3 is 0 Å². The molecule has 0 aliphatic carbocycles. The van der Waals surface area contributed by atoms with E-state index in [9.17, 15) is 9.59 Å². The minimum Gasteiger partial charge on any atom is -0.459 e. The number of fused-ring (bicyclic) bond motifs is 1. The largest absolute Gasteiger partial charge is 0.459 e. The number of imidazole rings is 1. The highest BCUT2D eigenvalue weighted by Crippen LogP contribution is 2.12. The van der Waals surface area contributed by atoms with Crippen LogP contribution in [0.5, 0.6) is 0 Å². The summed E-state index contributed by atoms with van der Waals surface area (Å²) < 4.78 is 7.85. The van der Waals surface area contributed by atoms with Crippen LogP contribution in [0.2, 0.25) is 0 Å². The first-order valence-corrected chi connectivity index (χ1v) is 8.62. The van der Waals surface area contributed by atoms with Crippen LogP contribution < -0.4 is 10.6 Å². The predicted octanol–water partition coefficient (Wildman–Crippen LogP) is 2.52. The van der Waals surface area contributed by atoms with E-state index in [1.165, 1.54) is 6.26 Å². The van der Waals surface area contributed by atoms with Crippen LogP contribution in [0.15, 0.2) is 51.8 Å². The van der Waals surface area contributed by atoms with E-state index in [2.05, 4.69) is 31.5 Å². The quantitative estimate of drug-likeness (QED) is 0.592. The second-order valence-electron chi connectivity index (χ2n) is 5.46. The van der Waals surface area contributed by atoms with Gasteiger partial charge in [-0.15, -0.1) is 0 Å². The summed E-state index contributed by atoms with van der Waals surface area (Å²) in [5.41, 5.74) is 1.62. The van der Waals surface area contributed by atoms with Gasteiger partial charge in [-0.3, -0.25) is 9.59 Å². The number of nitrogens with one attached hydrogen (secondary N) is 2. The molecule has 3 aromatic rings. The van der Waals surface area contributed by atoms with Gasteiger partial charge in [-0.2, -0.15) is 0 Å².